The van der Waals surface area contributed by atoms with E-state index < -0.39 is 0 Å². The molecule has 4 heteroatoms. The lowest BCUT2D eigenvalue weighted by Crippen LogP contribution is -1.85. The van der Waals surface area contributed by atoms with E-state index in [1.807, 2.05) is 35.9 Å². The Morgan fingerprint density at radius 2 is 2.00 bits per heavy atom. The van der Waals surface area contributed by atoms with Gasteiger partial charge in [0.1, 0.15) is 11.5 Å². The summed E-state index contributed by atoms with van der Waals surface area (Å²) in [6, 6.07) is 8.63. The van der Waals surface area contributed by atoms with Crippen LogP contribution in [0.25, 0.3) is 16.9 Å². The SMILES string of the molecule is Cc1cc2nc(-c3ccccc3F)cn2cc1Br. The molecule has 18 heavy (non-hydrogen) atoms. The lowest BCUT2D eigenvalue weighted by molar-refractivity contribution is 0.631. The van der Waals surface area contributed by atoms with Crippen molar-refractivity contribution in [1.29, 1.82) is 0 Å². The number of benzene rings is 1. The first kappa shape index (κ1) is 11.4. The van der Waals surface area contributed by atoms with Gasteiger partial charge in [-0.3, -0.25) is 0 Å². The third kappa shape index (κ3) is 1.82. The molecule has 0 saturated carbocycles. The van der Waals surface area contributed by atoms with E-state index in [0.29, 0.717) is 11.3 Å². The van der Waals surface area contributed by atoms with Crippen LogP contribution in [0.5, 0.6) is 0 Å². The minimum atomic E-state index is -0.253. The molecule has 0 atom stereocenters. The smallest absolute Gasteiger partial charge is 0.137 e. The van der Waals surface area contributed by atoms with E-state index in [1.165, 1.54) is 6.07 Å². The van der Waals surface area contributed by atoms with Crippen molar-refractivity contribution in [2.24, 2.45) is 0 Å². The predicted molar refractivity (Wildman–Crippen MR) is 73.0 cm³/mol. The van der Waals surface area contributed by atoms with E-state index in [1.54, 1.807) is 12.1 Å². The number of imidazole rings is 1. The average molecular weight is 305 g/mol. The molecule has 0 bridgehead atoms. The molecule has 0 aliphatic rings. The zero-order valence-electron chi connectivity index (χ0n) is 9.69. The Kier molecular flexibility index (Phi) is 2.67. The van der Waals surface area contributed by atoms with Gasteiger partial charge in [0, 0.05) is 22.4 Å². The minimum Gasteiger partial charge on any atom is -0.305 e. The fourth-order valence-corrected chi connectivity index (χ4v) is 2.24. The second-order valence-electron chi connectivity index (χ2n) is 4.18. The van der Waals surface area contributed by atoms with Crippen LogP contribution in [-0.4, -0.2) is 9.38 Å². The molecule has 1 aromatic carbocycles. The van der Waals surface area contributed by atoms with E-state index in [9.17, 15) is 4.39 Å². The maximum Gasteiger partial charge on any atom is 0.137 e. The third-order valence-electron chi connectivity index (χ3n) is 2.89. The summed E-state index contributed by atoms with van der Waals surface area (Å²) in [6.07, 6.45) is 3.76. The Morgan fingerprint density at radius 1 is 1.22 bits per heavy atom. The van der Waals surface area contributed by atoms with Gasteiger partial charge >= 0.3 is 0 Å². The molecule has 2 nitrogen and oxygen atoms in total. The van der Waals surface area contributed by atoms with Gasteiger partial charge in [0.15, 0.2) is 0 Å². The topological polar surface area (TPSA) is 17.3 Å². The van der Waals surface area contributed by atoms with Crippen molar-refractivity contribution in [3.63, 3.8) is 0 Å². The van der Waals surface area contributed by atoms with Gasteiger partial charge in [-0.15, -0.1) is 0 Å². The van der Waals surface area contributed by atoms with Gasteiger partial charge in [-0.1, -0.05) is 12.1 Å². The first-order chi connectivity index (χ1) is 8.65. The molecular weight excluding hydrogens is 295 g/mol. The maximum absolute atomic E-state index is 13.7. The van der Waals surface area contributed by atoms with E-state index >= 15 is 0 Å². The maximum atomic E-state index is 13.7. The fraction of sp³-hybridized carbons (Fsp3) is 0.0714. The summed E-state index contributed by atoms with van der Waals surface area (Å²) in [5.74, 6) is -0.253. The van der Waals surface area contributed by atoms with Gasteiger partial charge in [-0.05, 0) is 46.6 Å². The van der Waals surface area contributed by atoms with Crippen LogP contribution in [0.4, 0.5) is 4.39 Å². The van der Waals surface area contributed by atoms with Crippen LogP contribution in [-0.2, 0) is 0 Å². The molecule has 0 radical (unpaired) electrons. The van der Waals surface area contributed by atoms with Gasteiger partial charge in [-0.25, -0.2) is 9.37 Å². The number of rotatable bonds is 1. The fourth-order valence-electron chi connectivity index (χ4n) is 1.90. The summed E-state index contributed by atoms with van der Waals surface area (Å²) < 4.78 is 16.6. The summed E-state index contributed by atoms with van der Waals surface area (Å²) in [7, 11) is 0. The number of pyridine rings is 1. The summed E-state index contributed by atoms with van der Waals surface area (Å²) in [4.78, 5) is 4.45. The molecule has 3 rings (SSSR count). The van der Waals surface area contributed by atoms with Gasteiger partial charge in [0.2, 0.25) is 0 Å². The molecule has 3 aromatic rings. The highest BCUT2D eigenvalue weighted by molar-refractivity contribution is 9.10. The van der Waals surface area contributed by atoms with Crippen molar-refractivity contribution < 1.29 is 4.39 Å². The number of aryl methyl sites for hydroxylation is 1. The van der Waals surface area contributed by atoms with Crippen LogP contribution >= 0.6 is 15.9 Å². The van der Waals surface area contributed by atoms with Gasteiger partial charge in [0.05, 0.1) is 5.69 Å². The van der Waals surface area contributed by atoms with Gasteiger partial charge in [0.25, 0.3) is 0 Å². The number of aromatic nitrogens is 2. The summed E-state index contributed by atoms with van der Waals surface area (Å²) in [5.41, 5.74) is 3.09. The van der Waals surface area contributed by atoms with E-state index in [2.05, 4.69) is 20.9 Å². The van der Waals surface area contributed by atoms with Crippen molar-refractivity contribution in [3.05, 3.63) is 58.6 Å². The molecular formula is C14H10BrFN2. The monoisotopic (exact) mass is 304 g/mol. The Labute approximate surface area is 112 Å². The van der Waals surface area contributed by atoms with Crippen LogP contribution in [0.1, 0.15) is 5.56 Å². The Balaban J connectivity index is 2.23. The quantitative estimate of drug-likeness (QED) is 0.658. The lowest BCUT2D eigenvalue weighted by atomic mass is 10.1. The molecule has 0 fully saturated rings. The predicted octanol–water partition coefficient (Wildman–Crippen LogP) is 4.21. The largest absolute Gasteiger partial charge is 0.305 e. The van der Waals surface area contributed by atoms with Crippen LogP contribution in [0.15, 0.2) is 47.2 Å². The number of hydrogen-bond donors (Lipinski definition) is 0. The van der Waals surface area contributed by atoms with E-state index in [0.717, 1.165) is 15.7 Å². The van der Waals surface area contributed by atoms with Crippen molar-refractivity contribution >= 4 is 21.6 Å². The zero-order valence-corrected chi connectivity index (χ0v) is 11.3. The van der Waals surface area contributed by atoms with E-state index in [-0.39, 0.29) is 5.82 Å². The Hall–Kier alpha value is -1.68. The number of fused-ring (bicyclic) bond motifs is 1. The molecule has 0 aliphatic carbocycles. The first-order valence-corrected chi connectivity index (χ1v) is 6.34. The highest BCUT2D eigenvalue weighted by Crippen LogP contribution is 2.24. The van der Waals surface area contributed by atoms with Crippen molar-refractivity contribution in [2.75, 3.05) is 0 Å². The Morgan fingerprint density at radius 3 is 2.78 bits per heavy atom. The van der Waals surface area contributed by atoms with Gasteiger partial charge in [-0.2, -0.15) is 0 Å². The second kappa shape index (κ2) is 4.21. The highest BCUT2D eigenvalue weighted by Gasteiger charge is 2.09. The Bertz CT molecular complexity index is 695. The van der Waals surface area contributed by atoms with Crippen molar-refractivity contribution in [3.8, 4) is 11.3 Å². The average Bonchev–Trinajstić information content (AvgIpc) is 2.73. The summed E-state index contributed by atoms with van der Waals surface area (Å²) in [5, 5.41) is 0. The third-order valence-corrected chi connectivity index (χ3v) is 3.72. The minimum absolute atomic E-state index is 0.253. The van der Waals surface area contributed by atoms with Crippen molar-refractivity contribution in [1.82, 2.24) is 9.38 Å². The molecule has 90 valence electrons. The van der Waals surface area contributed by atoms with Crippen LogP contribution in [0.2, 0.25) is 0 Å². The molecule has 0 unspecified atom stereocenters. The summed E-state index contributed by atoms with van der Waals surface area (Å²) >= 11 is 3.47. The van der Waals surface area contributed by atoms with E-state index in [4.69, 9.17) is 0 Å². The molecule has 2 heterocycles. The lowest BCUT2D eigenvalue weighted by Gasteiger charge is -1.98. The standard InChI is InChI=1S/C14H10BrFN2/c1-9-6-14-17-13(8-18(14)7-11(9)15)10-4-2-3-5-12(10)16/h2-8H,1H3. The second-order valence-corrected chi connectivity index (χ2v) is 5.03. The van der Waals surface area contributed by atoms with Crippen molar-refractivity contribution in [2.45, 2.75) is 6.92 Å². The molecule has 2 aromatic heterocycles. The molecule has 0 amide bonds. The van der Waals surface area contributed by atoms with Crippen LogP contribution in [0.3, 0.4) is 0 Å². The zero-order chi connectivity index (χ0) is 12.7. The number of halogens is 2. The first-order valence-electron chi connectivity index (χ1n) is 5.55. The molecule has 0 N–H and O–H groups in total. The highest BCUT2D eigenvalue weighted by atomic mass is 79.9. The normalized spacial score (nSPS) is 11.1. The van der Waals surface area contributed by atoms with Gasteiger partial charge < -0.3 is 4.40 Å². The van der Waals surface area contributed by atoms with Crippen LogP contribution in [0, 0.1) is 12.7 Å². The molecule has 0 saturated heterocycles. The summed E-state index contributed by atoms with van der Waals surface area (Å²) in [6.45, 7) is 2.00. The number of nitrogens with zero attached hydrogens (tertiary/aromatic N) is 2. The molecule has 0 aliphatic heterocycles. The number of hydrogen-bond acceptors (Lipinski definition) is 1. The molecule has 0 spiro atoms. The van der Waals surface area contributed by atoms with Crippen LogP contribution < -0.4 is 0 Å².